The van der Waals surface area contributed by atoms with Gasteiger partial charge in [-0.25, -0.2) is 8.42 Å². The normalized spacial score (nSPS) is 14.3. The molecule has 0 radical (unpaired) electrons. The van der Waals surface area contributed by atoms with Gasteiger partial charge in [-0.05, 0) is 66.8 Å². The molecule has 3 nitrogen and oxygen atoms in total. The molecule has 1 aliphatic carbocycles. The van der Waals surface area contributed by atoms with E-state index in [4.69, 9.17) is 0 Å². The van der Waals surface area contributed by atoms with Crippen LogP contribution in [0.5, 0.6) is 5.75 Å². The first-order chi connectivity index (χ1) is 9.07. The minimum atomic E-state index is -3.49. The molecule has 3 rings (SSSR count). The Balaban J connectivity index is 2.07. The molecule has 2 aromatic rings. The van der Waals surface area contributed by atoms with Crippen molar-refractivity contribution in [2.75, 3.05) is 0 Å². The van der Waals surface area contributed by atoms with Crippen LogP contribution in [0.25, 0.3) is 0 Å². The highest BCUT2D eigenvalue weighted by Crippen LogP contribution is 2.28. The Morgan fingerprint density at radius 2 is 1.47 bits per heavy atom. The zero-order valence-corrected chi connectivity index (χ0v) is 11.2. The zero-order chi connectivity index (χ0) is 13.5. The van der Waals surface area contributed by atoms with Crippen LogP contribution in [0, 0.1) is 0 Å². The minimum absolute atomic E-state index is 0.0629. The summed E-state index contributed by atoms with van der Waals surface area (Å²) < 4.78 is 24.9. The van der Waals surface area contributed by atoms with Gasteiger partial charge >= 0.3 is 0 Å². The van der Waals surface area contributed by atoms with Crippen LogP contribution >= 0.6 is 0 Å². The second-order valence-electron chi connectivity index (χ2n) is 4.78. The summed E-state index contributed by atoms with van der Waals surface area (Å²) in [5.74, 6) is 0.0629. The highest BCUT2D eigenvalue weighted by molar-refractivity contribution is 7.91. The molecule has 0 aromatic heterocycles. The van der Waals surface area contributed by atoms with E-state index in [9.17, 15) is 13.5 Å². The third-order valence-corrected chi connectivity index (χ3v) is 5.29. The zero-order valence-electron chi connectivity index (χ0n) is 10.3. The summed E-state index contributed by atoms with van der Waals surface area (Å²) in [5, 5.41) is 9.22. The van der Waals surface area contributed by atoms with E-state index in [1.165, 1.54) is 29.8 Å². The van der Waals surface area contributed by atoms with Gasteiger partial charge in [0.1, 0.15) is 5.75 Å². The van der Waals surface area contributed by atoms with E-state index in [0.29, 0.717) is 4.90 Å². The van der Waals surface area contributed by atoms with E-state index in [0.717, 1.165) is 24.8 Å². The van der Waals surface area contributed by atoms with Gasteiger partial charge in [0.2, 0.25) is 9.84 Å². The molecule has 0 aliphatic heterocycles. The second-order valence-corrected chi connectivity index (χ2v) is 6.73. The van der Waals surface area contributed by atoms with E-state index in [-0.39, 0.29) is 10.6 Å². The van der Waals surface area contributed by atoms with Gasteiger partial charge in [0.15, 0.2) is 0 Å². The summed E-state index contributed by atoms with van der Waals surface area (Å²) in [6.45, 7) is 0. The minimum Gasteiger partial charge on any atom is -0.508 e. The summed E-state index contributed by atoms with van der Waals surface area (Å²) in [4.78, 5) is 0.544. The molecule has 0 bridgehead atoms. The lowest BCUT2D eigenvalue weighted by molar-refractivity contribution is 0.475. The molecule has 0 spiro atoms. The average molecular weight is 274 g/mol. The lowest BCUT2D eigenvalue weighted by Gasteiger charge is -2.07. The van der Waals surface area contributed by atoms with Crippen molar-refractivity contribution in [2.45, 2.75) is 29.1 Å². The Bertz CT molecular complexity index is 716. The predicted molar refractivity (Wildman–Crippen MR) is 72.0 cm³/mol. The van der Waals surface area contributed by atoms with Crippen molar-refractivity contribution in [3.8, 4) is 5.75 Å². The highest BCUT2D eigenvalue weighted by Gasteiger charge is 2.20. The fraction of sp³-hybridized carbons (Fsp3) is 0.200. The molecule has 0 heterocycles. The molecule has 98 valence electrons. The van der Waals surface area contributed by atoms with Crippen molar-refractivity contribution in [2.24, 2.45) is 0 Å². The first-order valence-electron chi connectivity index (χ1n) is 6.23. The SMILES string of the molecule is O=S(=O)(c1ccc(O)cc1)c1ccc2c(c1)CCC2. The van der Waals surface area contributed by atoms with Crippen molar-refractivity contribution in [3.05, 3.63) is 53.6 Å². The monoisotopic (exact) mass is 274 g/mol. The van der Waals surface area contributed by atoms with Gasteiger partial charge < -0.3 is 5.11 Å². The predicted octanol–water partition coefficient (Wildman–Crippen LogP) is 2.71. The first kappa shape index (κ1) is 12.2. The van der Waals surface area contributed by atoms with Crippen LogP contribution in [0.2, 0.25) is 0 Å². The van der Waals surface area contributed by atoms with Gasteiger partial charge in [0, 0.05) is 0 Å². The molecule has 1 N–H and O–H groups in total. The number of sulfone groups is 1. The molecule has 19 heavy (non-hydrogen) atoms. The van der Waals surface area contributed by atoms with Crippen molar-refractivity contribution in [1.82, 2.24) is 0 Å². The molecule has 0 fully saturated rings. The molecule has 0 amide bonds. The Morgan fingerprint density at radius 3 is 2.21 bits per heavy atom. The van der Waals surface area contributed by atoms with Crippen LogP contribution in [0.3, 0.4) is 0 Å². The quantitative estimate of drug-likeness (QED) is 0.916. The van der Waals surface area contributed by atoms with Crippen LogP contribution < -0.4 is 0 Å². The van der Waals surface area contributed by atoms with E-state index in [1.54, 1.807) is 12.1 Å². The van der Waals surface area contributed by atoms with Crippen molar-refractivity contribution < 1.29 is 13.5 Å². The largest absolute Gasteiger partial charge is 0.508 e. The van der Waals surface area contributed by atoms with Crippen LogP contribution in [0.15, 0.2) is 52.3 Å². The lowest BCUT2D eigenvalue weighted by Crippen LogP contribution is -2.02. The van der Waals surface area contributed by atoms with E-state index in [2.05, 4.69) is 0 Å². The number of fused-ring (bicyclic) bond motifs is 1. The second kappa shape index (κ2) is 4.38. The molecule has 1 aliphatic rings. The summed E-state index contributed by atoms with van der Waals surface area (Å²) in [6.07, 6.45) is 3.08. The smallest absolute Gasteiger partial charge is 0.206 e. The fourth-order valence-electron chi connectivity index (χ4n) is 2.48. The van der Waals surface area contributed by atoms with Gasteiger partial charge in [-0.3, -0.25) is 0 Å². The maximum atomic E-state index is 12.5. The summed E-state index contributed by atoms with van der Waals surface area (Å²) in [5.41, 5.74) is 2.39. The number of phenols is 1. The molecule has 0 saturated carbocycles. The Morgan fingerprint density at radius 1 is 0.842 bits per heavy atom. The topological polar surface area (TPSA) is 54.4 Å². The van der Waals surface area contributed by atoms with Crippen molar-refractivity contribution in [1.29, 1.82) is 0 Å². The van der Waals surface area contributed by atoms with Crippen LogP contribution in [0.1, 0.15) is 17.5 Å². The maximum Gasteiger partial charge on any atom is 0.206 e. The molecular weight excluding hydrogens is 260 g/mol. The maximum absolute atomic E-state index is 12.5. The Kier molecular flexibility index (Phi) is 2.82. The molecular formula is C15H14O3S. The number of rotatable bonds is 2. The number of benzene rings is 2. The Labute approximate surface area is 112 Å². The number of aromatic hydroxyl groups is 1. The number of hydrogen-bond acceptors (Lipinski definition) is 3. The molecule has 0 unspecified atom stereocenters. The molecule has 2 aromatic carbocycles. The van der Waals surface area contributed by atoms with Gasteiger partial charge in [-0.1, -0.05) is 6.07 Å². The summed E-state index contributed by atoms with van der Waals surface area (Å²) in [7, 11) is -3.49. The molecule has 0 saturated heterocycles. The molecule has 4 heteroatoms. The fourth-order valence-corrected chi connectivity index (χ4v) is 3.79. The summed E-state index contributed by atoms with van der Waals surface area (Å²) in [6, 6.07) is 11.0. The van der Waals surface area contributed by atoms with Gasteiger partial charge in [-0.15, -0.1) is 0 Å². The first-order valence-corrected chi connectivity index (χ1v) is 7.71. The number of hydrogen-bond donors (Lipinski definition) is 1. The van der Waals surface area contributed by atoms with Crippen LogP contribution in [-0.2, 0) is 22.7 Å². The third-order valence-electron chi connectivity index (χ3n) is 3.53. The number of aryl methyl sites for hydroxylation is 2. The van der Waals surface area contributed by atoms with Gasteiger partial charge in [-0.2, -0.15) is 0 Å². The van der Waals surface area contributed by atoms with Crippen molar-refractivity contribution >= 4 is 9.84 Å². The summed E-state index contributed by atoms with van der Waals surface area (Å²) >= 11 is 0. The van der Waals surface area contributed by atoms with Gasteiger partial charge in [0.25, 0.3) is 0 Å². The van der Waals surface area contributed by atoms with Crippen LogP contribution in [0.4, 0.5) is 0 Å². The third kappa shape index (κ3) is 2.12. The van der Waals surface area contributed by atoms with E-state index < -0.39 is 9.84 Å². The van der Waals surface area contributed by atoms with Gasteiger partial charge in [0.05, 0.1) is 9.79 Å². The number of phenolic OH excluding ortho intramolecular Hbond substituents is 1. The van der Waals surface area contributed by atoms with Crippen molar-refractivity contribution in [3.63, 3.8) is 0 Å². The Hall–Kier alpha value is -1.81. The highest BCUT2D eigenvalue weighted by atomic mass is 32.2. The molecule has 0 atom stereocenters. The van der Waals surface area contributed by atoms with Crippen LogP contribution in [-0.4, -0.2) is 13.5 Å². The van der Waals surface area contributed by atoms with E-state index in [1.807, 2.05) is 6.07 Å². The average Bonchev–Trinajstić information content (AvgIpc) is 2.86. The standard InChI is InChI=1S/C15H14O3S/c16-13-5-8-14(9-6-13)19(17,18)15-7-4-11-2-1-3-12(11)10-15/h4-10,16H,1-3H2. The van der Waals surface area contributed by atoms with E-state index >= 15 is 0 Å². The lowest BCUT2D eigenvalue weighted by atomic mass is 10.1.